The van der Waals surface area contributed by atoms with Crippen LogP contribution in [0, 0.1) is 0 Å². The zero-order valence-corrected chi connectivity index (χ0v) is 13.7. The molecule has 0 saturated carbocycles. The van der Waals surface area contributed by atoms with E-state index in [1.165, 1.54) is 0 Å². The van der Waals surface area contributed by atoms with Gasteiger partial charge in [0.25, 0.3) is 0 Å². The van der Waals surface area contributed by atoms with E-state index >= 15 is 0 Å². The van der Waals surface area contributed by atoms with Gasteiger partial charge in [-0.3, -0.25) is 0 Å². The molecule has 2 amide bonds. The number of hydrogen-bond donors (Lipinski definition) is 1. The Labute approximate surface area is 141 Å². The monoisotopic (exact) mass is 330 g/mol. The summed E-state index contributed by atoms with van der Waals surface area (Å²) in [5.74, 6) is 1.36. The van der Waals surface area contributed by atoms with Crippen LogP contribution in [0.1, 0.15) is 18.6 Å². The van der Waals surface area contributed by atoms with Crippen LogP contribution in [0.5, 0.6) is 5.75 Å². The molecular weight excluding hydrogens is 308 g/mol. The Kier molecular flexibility index (Phi) is 5.38. The van der Waals surface area contributed by atoms with E-state index in [1.54, 1.807) is 18.3 Å². The molecule has 1 saturated heterocycles. The van der Waals surface area contributed by atoms with Crippen molar-refractivity contribution in [3.8, 4) is 5.75 Å². The number of carbonyl (C=O) groups is 1. The minimum atomic E-state index is -0.202. The number of ether oxygens (including phenoxy) is 2. The van der Waals surface area contributed by atoms with Crippen LogP contribution in [0.15, 0.2) is 47.1 Å². The lowest BCUT2D eigenvalue weighted by Gasteiger charge is -2.25. The first-order valence-electron chi connectivity index (χ1n) is 8.09. The van der Waals surface area contributed by atoms with Crippen molar-refractivity contribution in [2.45, 2.75) is 25.5 Å². The van der Waals surface area contributed by atoms with Gasteiger partial charge in [0.05, 0.1) is 31.7 Å². The highest BCUT2D eigenvalue weighted by Crippen LogP contribution is 2.24. The number of nitrogens with one attached hydrogen (secondary N) is 1. The van der Waals surface area contributed by atoms with Crippen LogP contribution in [-0.4, -0.2) is 37.3 Å². The second kappa shape index (κ2) is 7.88. The molecule has 2 heterocycles. The molecule has 24 heavy (non-hydrogen) atoms. The maximum Gasteiger partial charge on any atom is 0.322 e. The lowest BCUT2D eigenvalue weighted by molar-refractivity contribution is 0.0803. The first kappa shape index (κ1) is 16.4. The number of para-hydroxylation sites is 2. The lowest BCUT2D eigenvalue weighted by atomic mass is 10.2. The number of benzene rings is 1. The molecule has 0 bridgehead atoms. The number of urea groups is 1. The van der Waals surface area contributed by atoms with Crippen LogP contribution < -0.4 is 10.1 Å². The molecular formula is C18H22N2O4. The number of amides is 2. The molecule has 1 atom stereocenters. The summed E-state index contributed by atoms with van der Waals surface area (Å²) in [7, 11) is 1.58. The Hall–Kier alpha value is -2.47. The van der Waals surface area contributed by atoms with Crippen LogP contribution in [0.4, 0.5) is 10.5 Å². The van der Waals surface area contributed by atoms with Crippen LogP contribution in [-0.2, 0) is 11.3 Å². The zero-order chi connectivity index (χ0) is 16.8. The molecule has 0 radical (unpaired) electrons. The van der Waals surface area contributed by atoms with Gasteiger partial charge in [0, 0.05) is 13.2 Å². The summed E-state index contributed by atoms with van der Waals surface area (Å²) >= 11 is 0. The van der Waals surface area contributed by atoms with Gasteiger partial charge in [-0.05, 0) is 37.1 Å². The van der Waals surface area contributed by atoms with Crippen molar-refractivity contribution in [2.24, 2.45) is 0 Å². The van der Waals surface area contributed by atoms with Crippen molar-refractivity contribution in [1.29, 1.82) is 0 Å². The SMILES string of the molecule is COc1ccccc1NC(=O)N(Cc1ccco1)C[C@@H]1CCCO1. The summed E-state index contributed by atoms with van der Waals surface area (Å²) in [5.41, 5.74) is 0.641. The van der Waals surface area contributed by atoms with Crippen molar-refractivity contribution >= 4 is 11.7 Å². The maximum atomic E-state index is 12.8. The number of methoxy groups -OCH3 is 1. The maximum absolute atomic E-state index is 12.8. The number of hydrogen-bond acceptors (Lipinski definition) is 4. The number of nitrogens with zero attached hydrogens (tertiary/aromatic N) is 1. The average Bonchev–Trinajstić information content (AvgIpc) is 3.28. The van der Waals surface area contributed by atoms with Crippen LogP contribution in [0.3, 0.4) is 0 Å². The van der Waals surface area contributed by atoms with E-state index in [0.717, 1.165) is 25.2 Å². The topological polar surface area (TPSA) is 63.9 Å². The third kappa shape index (κ3) is 4.08. The fraction of sp³-hybridized carbons (Fsp3) is 0.389. The molecule has 3 rings (SSSR count). The van der Waals surface area contributed by atoms with Crippen molar-refractivity contribution in [2.75, 3.05) is 25.6 Å². The van der Waals surface area contributed by atoms with Crippen molar-refractivity contribution < 1.29 is 18.7 Å². The van der Waals surface area contributed by atoms with Crippen molar-refractivity contribution in [3.05, 3.63) is 48.4 Å². The molecule has 1 aliphatic heterocycles. The molecule has 0 spiro atoms. The zero-order valence-electron chi connectivity index (χ0n) is 13.7. The quantitative estimate of drug-likeness (QED) is 0.880. The second-order valence-electron chi connectivity index (χ2n) is 5.73. The van der Waals surface area contributed by atoms with E-state index in [4.69, 9.17) is 13.9 Å². The Morgan fingerprint density at radius 2 is 2.21 bits per heavy atom. The summed E-state index contributed by atoms with van der Waals surface area (Å²) in [5, 5.41) is 2.91. The summed E-state index contributed by atoms with van der Waals surface area (Å²) in [6, 6.07) is 10.8. The van der Waals surface area contributed by atoms with Crippen molar-refractivity contribution in [3.63, 3.8) is 0 Å². The molecule has 0 aliphatic carbocycles. The molecule has 1 aliphatic rings. The fourth-order valence-electron chi connectivity index (χ4n) is 2.79. The molecule has 1 fully saturated rings. The van der Waals surface area contributed by atoms with Gasteiger partial charge in [0.15, 0.2) is 0 Å². The predicted molar refractivity (Wildman–Crippen MR) is 90.1 cm³/mol. The Bertz CT molecular complexity index is 651. The van der Waals surface area contributed by atoms with Gasteiger partial charge >= 0.3 is 6.03 Å². The molecule has 6 nitrogen and oxygen atoms in total. The minimum Gasteiger partial charge on any atom is -0.495 e. The molecule has 128 valence electrons. The van der Waals surface area contributed by atoms with Crippen LogP contribution in [0.25, 0.3) is 0 Å². The number of anilines is 1. The smallest absolute Gasteiger partial charge is 0.322 e. The van der Waals surface area contributed by atoms with Crippen LogP contribution in [0.2, 0.25) is 0 Å². The van der Waals surface area contributed by atoms with Gasteiger partial charge in [-0.25, -0.2) is 4.79 Å². The lowest BCUT2D eigenvalue weighted by Crippen LogP contribution is -2.39. The Morgan fingerprint density at radius 1 is 1.33 bits per heavy atom. The Balaban J connectivity index is 1.71. The highest BCUT2D eigenvalue weighted by atomic mass is 16.5. The first-order valence-corrected chi connectivity index (χ1v) is 8.09. The highest BCUT2D eigenvalue weighted by Gasteiger charge is 2.24. The minimum absolute atomic E-state index is 0.0726. The number of carbonyl (C=O) groups excluding carboxylic acids is 1. The van der Waals surface area contributed by atoms with Gasteiger partial charge in [0.1, 0.15) is 11.5 Å². The molecule has 0 unspecified atom stereocenters. The van der Waals surface area contributed by atoms with Gasteiger partial charge in [0.2, 0.25) is 0 Å². The summed E-state index contributed by atoms with van der Waals surface area (Å²) in [6.07, 6.45) is 3.69. The summed E-state index contributed by atoms with van der Waals surface area (Å²) < 4.78 is 16.3. The van der Waals surface area contributed by atoms with Crippen molar-refractivity contribution in [1.82, 2.24) is 4.90 Å². The summed E-state index contributed by atoms with van der Waals surface area (Å²) in [6.45, 7) is 1.68. The highest BCUT2D eigenvalue weighted by molar-refractivity contribution is 5.91. The summed E-state index contributed by atoms with van der Waals surface area (Å²) in [4.78, 5) is 14.5. The number of rotatable bonds is 6. The fourth-order valence-corrected chi connectivity index (χ4v) is 2.79. The van der Waals surface area contributed by atoms with E-state index in [2.05, 4.69) is 5.32 Å². The number of furan rings is 1. The van der Waals surface area contributed by atoms with Crippen LogP contribution >= 0.6 is 0 Å². The van der Waals surface area contributed by atoms with E-state index in [0.29, 0.717) is 24.5 Å². The second-order valence-corrected chi connectivity index (χ2v) is 5.73. The molecule has 2 aromatic rings. The third-order valence-electron chi connectivity index (χ3n) is 4.01. The van der Waals surface area contributed by atoms with Gasteiger partial charge in [-0.2, -0.15) is 0 Å². The van der Waals surface area contributed by atoms with E-state index in [1.807, 2.05) is 36.4 Å². The van der Waals surface area contributed by atoms with Gasteiger partial charge in [-0.15, -0.1) is 0 Å². The normalized spacial score (nSPS) is 16.8. The van der Waals surface area contributed by atoms with Gasteiger partial charge in [-0.1, -0.05) is 12.1 Å². The molecule has 6 heteroatoms. The third-order valence-corrected chi connectivity index (χ3v) is 4.01. The molecule has 1 aromatic heterocycles. The largest absolute Gasteiger partial charge is 0.495 e. The Morgan fingerprint density at radius 3 is 2.92 bits per heavy atom. The predicted octanol–water partition coefficient (Wildman–Crippen LogP) is 3.50. The van der Waals surface area contributed by atoms with E-state index < -0.39 is 0 Å². The standard InChI is InChI=1S/C18H22N2O4/c1-22-17-9-3-2-8-16(17)19-18(21)20(12-14-6-4-10-23-14)13-15-7-5-11-24-15/h2-4,6,8-10,15H,5,7,11-13H2,1H3,(H,19,21)/t15-/m0/s1. The van der Waals surface area contributed by atoms with Gasteiger partial charge < -0.3 is 24.1 Å². The van der Waals surface area contributed by atoms with E-state index in [-0.39, 0.29) is 12.1 Å². The average molecular weight is 330 g/mol. The first-order chi connectivity index (χ1) is 11.8. The molecule has 1 N–H and O–H groups in total. The van der Waals surface area contributed by atoms with E-state index in [9.17, 15) is 4.79 Å². The molecule has 1 aromatic carbocycles.